The minimum atomic E-state index is -0.116. The van der Waals surface area contributed by atoms with Gasteiger partial charge in [-0.15, -0.1) is 0 Å². The highest BCUT2D eigenvalue weighted by molar-refractivity contribution is 5.83. The number of likely N-dealkylation sites (N-methyl/N-ethyl adjacent to an activating group) is 1. The SMILES string of the molecule is CN1C=CC(C=NN(C)c2ccccc2)N(C)C1=O. The van der Waals surface area contributed by atoms with Crippen molar-refractivity contribution >= 4 is 17.9 Å². The first-order valence-corrected chi connectivity index (χ1v) is 6.10. The topological polar surface area (TPSA) is 39.1 Å². The molecule has 2 amide bonds. The van der Waals surface area contributed by atoms with Crippen LogP contribution in [0.5, 0.6) is 0 Å². The molecule has 19 heavy (non-hydrogen) atoms. The summed E-state index contributed by atoms with van der Waals surface area (Å²) in [5, 5.41) is 6.15. The van der Waals surface area contributed by atoms with Gasteiger partial charge in [0.25, 0.3) is 0 Å². The Bertz CT molecular complexity index is 497. The van der Waals surface area contributed by atoms with Crippen molar-refractivity contribution in [1.82, 2.24) is 9.80 Å². The van der Waals surface area contributed by atoms with E-state index in [1.165, 1.54) is 0 Å². The highest BCUT2D eigenvalue weighted by atomic mass is 16.2. The molecule has 1 aromatic rings. The number of para-hydroxylation sites is 1. The van der Waals surface area contributed by atoms with Gasteiger partial charge >= 0.3 is 6.03 Å². The van der Waals surface area contributed by atoms with Gasteiger partial charge in [-0.3, -0.25) is 5.01 Å². The number of nitrogens with zero attached hydrogens (tertiary/aromatic N) is 4. The number of rotatable bonds is 3. The van der Waals surface area contributed by atoms with Crippen LogP contribution in [0.4, 0.5) is 10.5 Å². The van der Waals surface area contributed by atoms with Gasteiger partial charge in [-0.25, -0.2) is 4.79 Å². The number of carbonyl (C=O) groups excluding carboxylic acids is 1. The lowest BCUT2D eigenvalue weighted by atomic mass is 10.2. The molecule has 0 saturated carbocycles. The molecular weight excluding hydrogens is 240 g/mol. The number of urea groups is 1. The van der Waals surface area contributed by atoms with Gasteiger partial charge in [0.15, 0.2) is 0 Å². The van der Waals surface area contributed by atoms with Gasteiger partial charge < -0.3 is 9.80 Å². The minimum absolute atomic E-state index is 0.0404. The van der Waals surface area contributed by atoms with Crippen LogP contribution in [0, 0.1) is 0 Å². The Labute approximate surface area is 113 Å². The van der Waals surface area contributed by atoms with Gasteiger partial charge in [0.1, 0.15) is 0 Å². The zero-order chi connectivity index (χ0) is 13.8. The quantitative estimate of drug-likeness (QED) is 0.614. The van der Waals surface area contributed by atoms with Crippen molar-refractivity contribution in [3.63, 3.8) is 0 Å². The third-order valence-corrected chi connectivity index (χ3v) is 3.08. The summed E-state index contributed by atoms with van der Waals surface area (Å²) in [6.45, 7) is 0. The van der Waals surface area contributed by atoms with Gasteiger partial charge in [0.05, 0.1) is 17.9 Å². The summed E-state index contributed by atoms with van der Waals surface area (Å²) in [4.78, 5) is 15.0. The number of hydrogen-bond acceptors (Lipinski definition) is 3. The van der Waals surface area contributed by atoms with E-state index in [9.17, 15) is 4.79 Å². The number of hydrazone groups is 1. The van der Waals surface area contributed by atoms with Gasteiger partial charge in [0, 0.05) is 27.3 Å². The fourth-order valence-electron chi connectivity index (χ4n) is 1.81. The molecule has 2 rings (SSSR count). The molecule has 1 aromatic carbocycles. The highest BCUT2D eigenvalue weighted by Gasteiger charge is 2.22. The van der Waals surface area contributed by atoms with Crippen molar-refractivity contribution in [3.05, 3.63) is 42.6 Å². The monoisotopic (exact) mass is 258 g/mol. The van der Waals surface area contributed by atoms with Crippen molar-refractivity contribution in [1.29, 1.82) is 0 Å². The Kier molecular flexibility index (Phi) is 3.85. The largest absolute Gasteiger partial charge is 0.324 e. The molecule has 0 radical (unpaired) electrons. The smallest absolute Gasteiger partial charge is 0.316 e. The second-order valence-electron chi connectivity index (χ2n) is 4.46. The van der Waals surface area contributed by atoms with E-state index >= 15 is 0 Å². The molecule has 1 atom stereocenters. The lowest BCUT2D eigenvalue weighted by Crippen LogP contribution is -2.46. The van der Waals surface area contributed by atoms with Crippen molar-refractivity contribution < 1.29 is 4.79 Å². The van der Waals surface area contributed by atoms with Crippen molar-refractivity contribution in [2.75, 3.05) is 26.2 Å². The van der Waals surface area contributed by atoms with Crippen molar-refractivity contribution in [2.45, 2.75) is 6.04 Å². The Morgan fingerprint density at radius 1 is 1.26 bits per heavy atom. The molecule has 0 saturated heterocycles. The normalized spacial score (nSPS) is 19.3. The van der Waals surface area contributed by atoms with E-state index in [0.717, 1.165) is 5.69 Å². The molecule has 0 spiro atoms. The molecule has 0 N–H and O–H groups in total. The Morgan fingerprint density at radius 2 is 1.95 bits per heavy atom. The molecular formula is C14H18N4O. The fourth-order valence-corrected chi connectivity index (χ4v) is 1.81. The first kappa shape index (κ1) is 13.1. The third-order valence-electron chi connectivity index (χ3n) is 3.08. The molecule has 1 unspecified atom stereocenters. The van der Waals surface area contributed by atoms with E-state index in [2.05, 4.69) is 5.10 Å². The molecule has 1 aliphatic rings. The molecule has 0 aromatic heterocycles. The Hall–Kier alpha value is -2.30. The van der Waals surface area contributed by atoms with E-state index in [1.54, 1.807) is 41.3 Å². The van der Waals surface area contributed by atoms with Crippen LogP contribution in [-0.4, -0.2) is 49.2 Å². The van der Waals surface area contributed by atoms with Crippen LogP contribution in [0.2, 0.25) is 0 Å². The zero-order valence-corrected chi connectivity index (χ0v) is 11.4. The van der Waals surface area contributed by atoms with Crippen LogP contribution in [0.3, 0.4) is 0 Å². The van der Waals surface area contributed by atoms with Crippen LogP contribution < -0.4 is 5.01 Å². The van der Waals surface area contributed by atoms with E-state index in [1.807, 2.05) is 43.5 Å². The molecule has 5 heteroatoms. The number of hydrogen-bond donors (Lipinski definition) is 0. The maximum absolute atomic E-state index is 11.8. The second kappa shape index (κ2) is 5.56. The first-order chi connectivity index (χ1) is 9.09. The summed E-state index contributed by atoms with van der Waals surface area (Å²) >= 11 is 0. The molecule has 100 valence electrons. The van der Waals surface area contributed by atoms with Gasteiger partial charge in [-0.1, -0.05) is 18.2 Å². The maximum Gasteiger partial charge on any atom is 0.324 e. The lowest BCUT2D eigenvalue weighted by molar-refractivity contribution is 0.181. The van der Waals surface area contributed by atoms with Crippen LogP contribution >= 0.6 is 0 Å². The standard InChI is InChI=1S/C14H18N4O/c1-16-10-9-13(17(2)14(16)19)11-15-18(3)12-7-5-4-6-8-12/h4-11,13H,1-3H3. The number of anilines is 1. The zero-order valence-electron chi connectivity index (χ0n) is 11.4. The Morgan fingerprint density at radius 3 is 2.63 bits per heavy atom. The van der Waals surface area contributed by atoms with Gasteiger partial charge in [0.2, 0.25) is 0 Å². The first-order valence-electron chi connectivity index (χ1n) is 6.10. The Balaban J connectivity index is 2.07. The van der Waals surface area contributed by atoms with E-state index in [0.29, 0.717) is 0 Å². The average Bonchev–Trinajstić information content (AvgIpc) is 2.45. The minimum Gasteiger partial charge on any atom is -0.316 e. The van der Waals surface area contributed by atoms with Crippen LogP contribution in [0.1, 0.15) is 0 Å². The van der Waals surface area contributed by atoms with E-state index < -0.39 is 0 Å². The summed E-state index contributed by atoms with van der Waals surface area (Å²) in [7, 11) is 5.38. The second-order valence-corrected chi connectivity index (χ2v) is 4.46. The van der Waals surface area contributed by atoms with E-state index in [-0.39, 0.29) is 12.1 Å². The molecule has 1 heterocycles. The van der Waals surface area contributed by atoms with Gasteiger partial charge in [-0.05, 0) is 18.2 Å². The van der Waals surface area contributed by atoms with E-state index in [4.69, 9.17) is 0 Å². The number of benzene rings is 1. The number of amides is 2. The molecule has 1 aliphatic heterocycles. The summed E-state index contributed by atoms with van der Waals surface area (Å²) in [5.41, 5.74) is 1.00. The fraction of sp³-hybridized carbons (Fsp3) is 0.286. The molecule has 0 fully saturated rings. The predicted octanol–water partition coefficient (Wildman–Crippen LogP) is 1.99. The highest BCUT2D eigenvalue weighted by Crippen LogP contribution is 2.12. The van der Waals surface area contributed by atoms with Crippen molar-refractivity contribution in [2.24, 2.45) is 5.10 Å². The predicted molar refractivity (Wildman–Crippen MR) is 77.2 cm³/mol. The molecule has 0 aliphatic carbocycles. The summed E-state index contributed by atoms with van der Waals surface area (Å²) < 4.78 is 0. The van der Waals surface area contributed by atoms with Crippen molar-refractivity contribution in [3.8, 4) is 0 Å². The lowest BCUT2D eigenvalue weighted by Gasteiger charge is -2.31. The average molecular weight is 258 g/mol. The summed E-state index contributed by atoms with van der Waals surface area (Å²) in [5.74, 6) is 0. The van der Waals surface area contributed by atoms with Gasteiger partial charge in [-0.2, -0.15) is 5.10 Å². The molecule has 5 nitrogen and oxygen atoms in total. The van der Waals surface area contributed by atoms with Crippen LogP contribution in [0.25, 0.3) is 0 Å². The van der Waals surface area contributed by atoms with Crippen LogP contribution in [-0.2, 0) is 0 Å². The molecule has 0 bridgehead atoms. The summed E-state index contributed by atoms with van der Waals surface area (Å²) in [6.07, 6.45) is 5.46. The maximum atomic E-state index is 11.8. The summed E-state index contributed by atoms with van der Waals surface area (Å²) in [6, 6.07) is 9.70. The van der Waals surface area contributed by atoms with Crippen LogP contribution in [0.15, 0.2) is 47.7 Å². The third kappa shape index (κ3) is 2.93. The number of carbonyl (C=O) groups is 1.